The van der Waals surface area contributed by atoms with Crippen molar-refractivity contribution in [1.82, 2.24) is 0 Å². The van der Waals surface area contributed by atoms with Gasteiger partial charge in [-0.05, 0) is 6.07 Å². The molecule has 0 atom stereocenters. The normalized spacial score (nSPS) is 10.0. The molecule has 17 heavy (non-hydrogen) atoms. The van der Waals surface area contributed by atoms with E-state index in [1.807, 2.05) is 0 Å². The van der Waals surface area contributed by atoms with Crippen LogP contribution in [0.3, 0.4) is 0 Å². The number of rotatable bonds is 6. The van der Waals surface area contributed by atoms with Gasteiger partial charge in [-0.1, -0.05) is 6.08 Å². The highest BCUT2D eigenvalue weighted by Crippen LogP contribution is 2.23. The predicted molar refractivity (Wildman–Crippen MR) is 62.6 cm³/mol. The lowest BCUT2D eigenvalue weighted by molar-refractivity contribution is -0.385. The molecule has 0 aliphatic heterocycles. The third-order valence-electron chi connectivity index (χ3n) is 2.20. The van der Waals surface area contributed by atoms with Gasteiger partial charge in [-0.15, -0.1) is 6.58 Å². The van der Waals surface area contributed by atoms with Crippen molar-refractivity contribution in [1.29, 1.82) is 0 Å². The van der Waals surface area contributed by atoms with Crippen LogP contribution in [0.2, 0.25) is 0 Å². The van der Waals surface area contributed by atoms with Crippen molar-refractivity contribution >= 4 is 11.4 Å². The zero-order chi connectivity index (χ0) is 12.8. The maximum absolute atomic E-state index is 13.6. The van der Waals surface area contributed by atoms with E-state index in [0.29, 0.717) is 6.54 Å². The first-order valence-electron chi connectivity index (χ1n) is 5.00. The van der Waals surface area contributed by atoms with Crippen LogP contribution in [0.5, 0.6) is 0 Å². The van der Waals surface area contributed by atoms with E-state index in [1.54, 1.807) is 11.0 Å². The lowest BCUT2D eigenvalue weighted by Gasteiger charge is -2.22. The molecule has 0 fully saturated rings. The van der Waals surface area contributed by atoms with E-state index in [1.165, 1.54) is 12.1 Å². The molecule has 0 heterocycles. The SMILES string of the molecule is C=CCN(CCO)c1ccc([N+](=O)[O-])cc1F. The van der Waals surface area contributed by atoms with Crippen LogP contribution in [0, 0.1) is 15.9 Å². The van der Waals surface area contributed by atoms with Gasteiger partial charge in [0.15, 0.2) is 5.82 Å². The average molecular weight is 240 g/mol. The average Bonchev–Trinajstić information content (AvgIpc) is 2.28. The van der Waals surface area contributed by atoms with Crippen molar-refractivity contribution in [2.45, 2.75) is 0 Å². The molecule has 5 nitrogen and oxygen atoms in total. The Morgan fingerprint density at radius 3 is 2.76 bits per heavy atom. The number of hydrogen-bond donors (Lipinski definition) is 1. The van der Waals surface area contributed by atoms with E-state index in [-0.39, 0.29) is 24.5 Å². The summed E-state index contributed by atoms with van der Waals surface area (Å²) in [5.41, 5.74) is -0.0849. The third kappa shape index (κ3) is 3.25. The van der Waals surface area contributed by atoms with Crippen molar-refractivity contribution in [3.63, 3.8) is 0 Å². The van der Waals surface area contributed by atoms with Gasteiger partial charge in [0.05, 0.1) is 23.3 Å². The standard InChI is InChI=1S/C11H13FN2O3/c1-2-5-13(6-7-15)11-4-3-9(14(16)17)8-10(11)12/h2-4,8,15H,1,5-7H2. The first kappa shape index (κ1) is 13.1. The Bertz CT molecular complexity index is 423. The molecular weight excluding hydrogens is 227 g/mol. The summed E-state index contributed by atoms with van der Waals surface area (Å²) >= 11 is 0. The Morgan fingerprint density at radius 2 is 2.29 bits per heavy atom. The smallest absolute Gasteiger partial charge is 0.272 e. The van der Waals surface area contributed by atoms with E-state index in [0.717, 1.165) is 6.07 Å². The molecule has 0 aliphatic carbocycles. The van der Waals surface area contributed by atoms with Gasteiger partial charge in [0, 0.05) is 19.2 Å². The second-order valence-corrected chi connectivity index (χ2v) is 3.35. The minimum atomic E-state index is -0.686. The number of hydrogen-bond acceptors (Lipinski definition) is 4. The Morgan fingerprint density at radius 1 is 1.59 bits per heavy atom. The van der Waals surface area contributed by atoms with Gasteiger partial charge in [0.2, 0.25) is 0 Å². The molecule has 0 aliphatic rings. The Balaban J connectivity index is 3.03. The quantitative estimate of drug-likeness (QED) is 0.467. The molecule has 1 N–H and O–H groups in total. The minimum absolute atomic E-state index is 0.135. The lowest BCUT2D eigenvalue weighted by atomic mass is 10.2. The summed E-state index contributed by atoms with van der Waals surface area (Å²) in [6, 6.07) is 3.42. The van der Waals surface area contributed by atoms with Crippen LogP contribution in [-0.2, 0) is 0 Å². The van der Waals surface area contributed by atoms with Crippen LogP contribution < -0.4 is 4.90 Å². The summed E-state index contributed by atoms with van der Waals surface area (Å²) < 4.78 is 13.6. The number of nitro benzene ring substituents is 1. The molecule has 0 bridgehead atoms. The number of halogens is 1. The molecule has 0 saturated heterocycles. The molecule has 0 spiro atoms. The highest BCUT2D eigenvalue weighted by Gasteiger charge is 2.14. The second kappa shape index (κ2) is 5.95. The van der Waals surface area contributed by atoms with Gasteiger partial charge >= 0.3 is 0 Å². The molecule has 0 unspecified atom stereocenters. The number of benzene rings is 1. The van der Waals surface area contributed by atoms with Crippen molar-refractivity contribution in [2.24, 2.45) is 0 Å². The zero-order valence-corrected chi connectivity index (χ0v) is 9.17. The second-order valence-electron chi connectivity index (χ2n) is 3.35. The van der Waals surface area contributed by atoms with Crippen molar-refractivity contribution in [3.05, 3.63) is 46.8 Å². The van der Waals surface area contributed by atoms with Crippen LogP contribution in [-0.4, -0.2) is 29.7 Å². The number of anilines is 1. The Kier molecular flexibility index (Phi) is 4.59. The fourth-order valence-electron chi connectivity index (χ4n) is 1.45. The largest absolute Gasteiger partial charge is 0.395 e. The number of nitrogens with zero attached hydrogens (tertiary/aromatic N) is 2. The van der Waals surface area contributed by atoms with Crippen molar-refractivity contribution in [3.8, 4) is 0 Å². The molecule has 1 rings (SSSR count). The summed E-state index contributed by atoms with van der Waals surface area (Å²) in [4.78, 5) is 11.3. The fourth-order valence-corrected chi connectivity index (χ4v) is 1.45. The first-order valence-corrected chi connectivity index (χ1v) is 5.00. The molecule has 1 aromatic carbocycles. The summed E-state index contributed by atoms with van der Waals surface area (Å²) in [7, 11) is 0. The summed E-state index contributed by atoms with van der Waals surface area (Å²) in [6.45, 7) is 3.99. The van der Waals surface area contributed by atoms with Crippen LogP contribution in [0.15, 0.2) is 30.9 Å². The molecule has 1 aromatic rings. The van der Waals surface area contributed by atoms with Gasteiger partial charge in [-0.3, -0.25) is 10.1 Å². The zero-order valence-electron chi connectivity index (χ0n) is 9.17. The maximum atomic E-state index is 13.6. The minimum Gasteiger partial charge on any atom is -0.395 e. The van der Waals surface area contributed by atoms with E-state index in [2.05, 4.69) is 6.58 Å². The summed E-state index contributed by atoms with van der Waals surface area (Å²) in [6.07, 6.45) is 1.57. The van der Waals surface area contributed by atoms with Gasteiger partial charge < -0.3 is 10.0 Å². The first-order chi connectivity index (χ1) is 8.10. The van der Waals surface area contributed by atoms with Crippen LogP contribution in [0.4, 0.5) is 15.8 Å². The number of aliphatic hydroxyl groups is 1. The monoisotopic (exact) mass is 240 g/mol. The number of non-ortho nitro benzene ring substituents is 1. The highest BCUT2D eigenvalue weighted by molar-refractivity contribution is 5.52. The highest BCUT2D eigenvalue weighted by atomic mass is 19.1. The van der Waals surface area contributed by atoms with Gasteiger partial charge in [-0.2, -0.15) is 0 Å². The molecule has 0 aromatic heterocycles. The molecule has 0 amide bonds. The van der Waals surface area contributed by atoms with Crippen LogP contribution in [0.1, 0.15) is 0 Å². The number of nitro groups is 1. The topological polar surface area (TPSA) is 66.6 Å². The van der Waals surface area contributed by atoms with Crippen LogP contribution >= 0.6 is 0 Å². The Hall–Kier alpha value is -1.95. The van der Waals surface area contributed by atoms with Crippen LogP contribution in [0.25, 0.3) is 0 Å². The van der Waals surface area contributed by atoms with E-state index in [4.69, 9.17) is 5.11 Å². The predicted octanol–water partition coefficient (Wildman–Crippen LogP) is 1.72. The van der Waals surface area contributed by atoms with Gasteiger partial charge in [-0.25, -0.2) is 4.39 Å². The molecule has 6 heteroatoms. The molecule has 0 radical (unpaired) electrons. The summed E-state index contributed by atoms with van der Waals surface area (Å²) in [5.74, 6) is -0.686. The van der Waals surface area contributed by atoms with Crippen molar-refractivity contribution < 1.29 is 14.4 Å². The molecular formula is C11H13FN2O3. The van der Waals surface area contributed by atoms with E-state index in [9.17, 15) is 14.5 Å². The molecule has 0 saturated carbocycles. The Labute approximate surface area is 97.9 Å². The van der Waals surface area contributed by atoms with Gasteiger partial charge in [0.1, 0.15) is 0 Å². The van der Waals surface area contributed by atoms with Gasteiger partial charge in [0.25, 0.3) is 5.69 Å². The number of aliphatic hydroxyl groups excluding tert-OH is 1. The fraction of sp³-hybridized carbons (Fsp3) is 0.273. The third-order valence-corrected chi connectivity index (χ3v) is 2.20. The lowest BCUT2D eigenvalue weighted by Crippen LogP contribution is -2.27. The summed E-state index contributed by atoms with van der Waals surface area (Å²) in [5, 5.41) is 19.3. The van der Waals surface area contributed by atoms with E-state index >= 15 is 0 Å². The molecule has 92 valence electrons. The van der Waals surface area contributed by atoms with Crippen molar-refractivity contribution in [2.75, 3.05) is 24.6 Å². The maximum Gasteiger partial charge on any atom is 0.272 e. The van der Waals surface area contributed by atoms with E-state index < -0.39 is 10.7 Å².